The van der Waals surface area contributed by atoms with Crippen molar-refractivity contribution in [3.8, 4) is 0 Å². The standard InChI is InChI=1S/C23H26ClN3O/c1-2-26-14-5-6-19(13-15-26)27-23(28)21-8-4-3-7-20(21)22(25-27)16-17-9-11-18(24)12-10-17/h3-4,7-12,19H,2,5-6,13-16H2,1H3/i2D2,5D2,6D2,13D2,14D2,15D2,19D. The average Bonchev–Trinajstić information content (AvgIpc) is 2.85. The van der Waals surface area contributed by atoms with Crippen molar-refractivity contribution in [2.45, 2.75) is 38.5 Å². The molecule has 1 aliphatic rings. The fourth-order valence-corrected chi connectivity index (χ4v) is 2.99. The van der Waals surface area contributed by atoms with Crippen LogP contribution in [0.1, 0.15) is 61.1 Å². The van der Waals surface area contributed by atoms with Gasteiger partial charge in [-0.1, -0.05) is 48.9 Å². The van der Waals surface area contributed by atoms with Crippen molar-refractivity contribution in [3.05, 3.63) is 75.2 Å². The van der Waals surface area contributed by atoms with Crippen molar-refractivity contribution in [2.75, 3.05) is 19.5 Å². The molecule has 2 heterocycles. The summed E-state index contributed by atoms with van der Waals surface area (Å²) >= 11 is 5.97. The van der Waals surface area contributed by atoms with Gasteiger partial charge >= 0.3 is 0 Å². The van der Waals surface area contributed by atoms with Crippen LogP contribution in [0.25, 0.3) is 10.8 Å². The first-order valence-electron chi connectivity index (χ1n) is 15.0. The number of likely N-dealkylation sites (tertiary alicyclic amines) is 1. The molecule has 1 aromatic heterocycles. The molecule has 28 heavy (non-hydrogen) atoms. The summed E-state index contributed by atoms with van der Waals surface area (Å²) in [6.07, 6.45) is -12.0. The molecule has 0 spiro atoms. The maximum absolute atomic E-state index is 13.8. The fourth-order valence-electron chi connectivity index (χ4n) is 2.86. The lowest BCUT2D eigenvalue weighted by Gasteiger charge is -2.20. The number of rotatable bonds is 4. The number of benzene rings is 2. The lowest BCUT2D eigenvalue weighted by atomic mass is 10.0. The molecule has 1 fully saturated rings. The third kappa shape index (κ3) is 3.98. The lowest BCUT2D eigenvalue weighted by molar-refractivity contribution is 0.292. The van der Waals surface area contributed by atoms with Crippen molar-refractivity contribution in [3.63, 3.8) is 0 Å². The molecule has 4 rings (SSSR count). The largest absolute Gasteiger partial charge is 0.304 e. The van der Waals surface area contributed by atoms with Gasteiger partial charge in [-0.2, -0.15) is 5.10 Å². The predicted octanol–water partition coefficient (Wildman–Crippen LogP) is 4.69. The minimum Gasteiger partial charge on any atom is -0.304 e. The Balaban J connectivity index is 2.16. The van der Waals surface area contributed by atoms with Crippen molar-refractivity contribution < 1.29 is 17.8 Å². The molecule has 3 aromatic rings. The molecule has 1 aliphatic heterocycles. The highest BCUT2D eigenvalue weighted by atomic mass is 35.5. The summed E-state index contributed by atoms with van der Waals surface area (Å²) in [5.74, 6) is 0. The summed E-state index contributed by atoms with van der Waals surface area (Å²) in [6.45, 7) is -10.2. The second kappa shape index (κ2) is 8.46. The van der Waals surface area contributed by atoms with E-state index in [4.69, 9.17) is 28.1 Å². The molecule has 4 nitrogen and oxygen atoms in total. The van der Waals surface area contributed by atoms with E-state index in [9.17, 15) is 6.17 Å². The molecule has 2 aromatic carbocycles. The number of halogens is 1. The molecular weight excluding hydrogens is 370 g/mol. The van der Waals surface area contributed by atoms with Gasteiger partial charge in [0.2, 0.25) is 0 Å². The summed E-state index contributed by atoms with van der Waals surface area (Å²) in [7, 11) is 0. The van der Waals surface area contributed by atoms with Gasteiger partial charge in [0.1, 0.15) is 0 Å². The molecule has 1 atom stereocenters. The van der Waals surface area contributed by atoms with Crippen molar-refractivity contribution in [1.29, 1.82) is 0 Å². The summed E-state index contributed by atoms with van der Waals surface area (Å²) < 4.78 is 112. The van der Waals surface area contributed by atoms with E-state index in [1.54, 1.807) is 30.3 Å². The molecule has 146 valence electrons. The van der Waals surface area contributed by atoms with Gasteiger partial charge in [0, 0.05) is 39.8 Å². The Morgan fingerprint density at radius 1 is 1.18 bits per heavy atom. The van der Waals surface area contributed by atoms with Gasteiger partial charge in [0.15, 0.2) is 0 Å². The monoisotopic (exact) mass is 408 g/mol. The molecule has 1 saturated heterocycles. The molecule has 0 amide bonds. The highest BCUT2D eigenvalue weighted by Gasteiger charge is 2.21. The van der Waals surface area contributed by atoms with Gasteiger partial charge < -0.3 is 4.90 Å². The van der Waals surface area contributed by atoms with Crippen LogP contribution in [-0.4, -0.2) is 34.2 Å². The van der Waals surface area contributed by atoms with E-state index in [2.05, 4.69) is 5.10 Å². The Labute approximate surface area is 189 Å². The van der Waals surface area contributed by atoms with E-state index in [1.807, 2.05) is 0 Å². The zero-order valence-corrected chi connectivity index (χ0v) is 15.7. The van der Waals surface area contributed by atoms with Crippen LogP contribution in [0.15, 0.2) is 53.3 Å². The van der Waals surface area contributed by atoms with Crippen molar-refractivity contribution in [1.82, 2.24) is 14.7 Å². The van der Waals surface area contributed by atoms with E-state index < -0.39 is 50.2 Å². The molecule has 0 saturated carbocycles. The van der Waals surface area contributed by atoms with Gasteiger partial charge in [0.25, 0.3) is 5.56 Å². The zero-order chi connectivity index (χ0) is 31.2. The molecule has 0 radical (unpaired) electrons. The zero-order valence-electron chi connectivity index (χ0n) is 28.0. The number of aromatic nitrogens is 2. The van der Waals surface area contributed by atoms with Crippen LogP contribution in [0, 0.1) is 0 Å². The van der Waals surface area contributed by atoms with Crippen LogP contribution in [-0.2, 0) is 6.42 Å². The van der Waals surface area contributed by atoms with Crippen molar-refractivity contribution in [2.24, 2.45) is 0 Å². The first-order chi connectivity index (χ1) is 18.5. The maximum Gasteiger partial charge on any atom is 0.274 e. The van der Waals surface area contributed by atoms with Crippen LogP contribution < -0.4 is 5.56 Å². The number of nitrogens with zero attached hydrogens (tertiary/aromatic N) is 3. The highest BCUT2D eigenvalue weighted by molar-refractivity contribution is 6.30. The predicted molar refractivity (Wildman–Crippen MR) is 115 cm³/mol. The Hall–Kier alpha value is -2.17. The number of hydrogen-bond acceptors (Lipinski definition) is 3. The van der Waals surface area contributed by atoms with Crippen LogP contribution in [0.2, 0.25) is 5.02 Å². The van der Waals surface area contributed by atoms with Crippen LogP contribution in [0.5, 0.6) is 0 Å². The third-order valence-corrected chi connectivity index (χ3v) is 4.49. The van der Waals surface area contributed by atoms with Crippen LogP contribution in [0.3, 0.4) is 0 Å². The quantitative estimate of drug-likeness (QED) is 0.628. The van der Waals surface area contributed by atoms with Gasteiger partial charge in [0.05, 0.1) is 18.5 Å². The van der Waals surface area contributed by atoms with Gasteiger partial charge in [-0.15, -0.1) is 0 Å². The average molecular weight is 409 g/mol. The molecule has 5 heteroatoms. The molecule has 0 N–H and O–H groups in total. The Morgan fingerprint density at radius 2 is 1.93 bits per heavy atom. The van der Waals surface area contributed by atoms with E-state index in [0.29, 0.717) is 17.5 Å². The highest BCUT2D eigenvalue weighted by Crippen LogP contribution is 2.24. The first-order valence-corrected chi connectivity index (χ1v) is 8.92. The van der Waals surface area contributed by atoms with E-state index in [0.717, 1.165) is 0 Å². The van der Waals surface area contributed by atoms with E-state index in [1.165, 1.54) is 18.2 Å². The van der Waals surface area contributed by atoms with Crippen LogP contribution in [0.4, 0.5) is 0 Å². The van der Waals surface area contributed by atoms with E-state index in [-0.39, 0.29) is 32.5 Å². The Morgan fingerprint density at radius 3 is 2.68 bits per heavy atom. The minimum absolute atomic E-state index is 0.0374. The number of hydrogen-bond donors (Lipinski definition) is 0. The Bertz CT molecular complexity index is 1550. The summed E-state index contributed by atoms with van der Waals surface area (Å²) in [5, 5.41) is 4.69. The van der Waals surface area contributed by atoms with Gasteiger partial charge in [-0.3, -0.25) is 4.79 Å². The Kier molecular flexibility index (Phi) is 2.75. The maximum atomic E-state index is 13.8. The lowest BCUT2D eigenvalue weighted by Crippen LogP contribution is -2.30. The van der Waals surface area contributed by atoms with E-state index >= 15 is 0 Å². The SMILES string of the molecule is [2H]C([2H])(C)N1C([2H])([2H])C([2H])([2H])C([2H])([2H])C([2H])(n2nc(Cc3ccc(Cl)cc3)c3ccccc3c2=O)C([2H])([2H])C1([2H])[2H]. The fraction of sp³-hybridized carbons (Fsp3) is 0.391. The van der Waals surface area contributed by atoms with Gasteiger partial charge in [-0.25, -0.2) is 4.68 Å². The number of fused-ring (bicyclic) bond motifs is 1. The third-order valence-electron chi connectivity index (χ3n) is 4.24. The summed E-state index contributed by atoms with van der Waals surface area (Å²) in [5.41, 5.74) is -0.601. The summed E-state index contributed by atoms with van der Waals surface area (Å²) in [4.78, 5) is 13.4. The molecule has 1 unspecified atom stereocenters. The molecular formula is C23H26ClN3O. The molecule has 0 bridgehead atoms. The second-order valence-corrected chi connectivity index (χ2v) is 6.46. The smallest absolute Gasteiger partial charge is 0.274 e. The molecule has 0 aliphatic carbocycles. The van der Waals surface area contributed by atoms with Crippen molar-refractivity contribution >= 4 is 22.4 Å². The summed E-state index contributed by atoms with van der Waals surface area (Å²) in [6, 6.07) is 8.41. The topological polar surface area (TPSA) is 38.1 Å². The van der Waals surface area contributed by atoms with Gasteiger partial charge in [-0.05, 0) is 55.9 Å². The minimum atomic E-state index is -4.03. The second-order valence-electron chi connectivity index (χ2n) is 6.02. The first kappa shape index (κ1) is 9.10. The van der Waals surface area contributed by atoms with Crippen LogP contribution >= 0.6 is 11.6 Å². The normalized spacial score (nSPS) is 37.3.